The summed E-state index contributed by atoms with van der Waals surface area (Å²) in [5, 5.41) is 13.5. The summed E-state index contributed by atoms with van der Waals surface area (Å²) in [5.41, 5.74) is 0.0171. The first-order chi connectivity index (χ1) is 13.3. The Morgan fingerprint density at radius 3 is 2.54 bits per heavy atom. The molecule has 1 N–H and O–H groups in total. The number of nitrogens with zero attached hydrogens (tertiary/aromatic N) is 2. The van der Waals surface area contributed by atoms with E-state index in [0.29, 0.717) is 12.0 Å². The van der Waals surface area contributed by atoms with E-state index in [1.807, 2.05) is 0 Å². The number of rotatable bonds is 8. The van der Waals surface area contributed by atoms with Crippen LogP contribution in [0.4, 0.5) is 15.8 Å². The second kappa shape index (κ2) is 9.21. The minimum absolute atomic E-state index is 0.0972. The van der Waals surface area contributed by atoms with Crippen molar-refractivity contribution in [3.8, 4) is 5.75 Å². The summed E-state index contributed by atoms with van der Waals surface area (Å²) >= 11 is 0. The van der Waals surface area contributed by atoms with Gasteiger partial charge in [0.25, 0.3) is 5.91 Å². The molecular weight excluding hydrogens is 373 g/mol. The van der Waals surface area contributed by atoms with E-state index in [2.05, 4.69) is 5.32 Å². The molecule has 9 nitrogen and oxygen atoms in total. The normalized spacial score (nSPS) is 10.1. The zero-order chi connectivity index (χ0) is 20.7. The number of aldehydes is 1. The summed E-state index contributed by atoms with van der Waals surface area (Å²) in [6.45, 7) is -0.840. The van der Waals surface area contributed by atoms with Crippen LogP contribution in [0.5, 0.6) is 5.75 Å². The SMILES string of the molecule is CN(CC(=O)Nc1ccc(F)cc1)C(=O)COc1ccc(C=O)cc1[N+](=O)[O-]. The second-order valence-electron chi connectivity index (χ2n) is 5.70. The first-order valence-electron chi connectivity index (χ1n) is 7.96. The van der Waals surface area contributed by atoms with Crippen molar-refractivity contribution in [2.75, 3.05) is 25.5 Å². The highest BCUT2D eigenvalue weighted by Crippen LogP contribution is 2.27. The highest BCUT2D eigenvalue weighted by Gasteiger charge is 2.19. The number of carbonyl (C=O) groups is 3. The molecule has 0 saturated carbocycles. The Labute approximate surface area is 158 Å². The largest absolute Gasteiger partial charge is 0.477 e. The Balaban J connectivity index is 1.92. The number of nitrogens with one attached hydrogen (secondary N) is 1. The summed E-state index contributed by atoms with van der Waals surface area (Å²) in [5.74, 6) is -1.72. The van der Waals surface area contributed by atoms with Crippen LogP contribution in [0.2, 0.25) is 0 Å². The lowest BCUT2D eigenvalue weighted by Gasteiger charge is -2.17. The van der Waals surface area contributed by atoms with Crippen molar-refractivity contribution in [2.24, 2.45) is 0 Å². The lowest BCUT2D eigenvalue weighted by Crippen LogP contribution is -2.37. The fourth-order valence-electron chi connectivity index (χ4n) is 2.16. The first-order valence-corrected chi connectivity index (χ1v) is 7.96. The van der Waals surface area contributed by atoms with Crippen LogP contribution in [0, 0.1) is 15.9 Å². The van der Waals surface area contributed by atoms with Crippen LogP contribution in [-0.2, 0) is 9.59 Å². The molecule has 2 amide bonds. The molecule has 0 aliphatic heterocycles. The number of amides is 2. The lowest BCUT2D eigenvalue weighted by atomic mass is 10.2. The number of carbonyl (C=O) groups excluding carboxylic acids is 3. The van der Waals surface area contributed by atoms with Crippen LogP contribution >= 0.6 is 0 Å². The highest BCUT2D eigenvalue weighted by molar-refractivity contribution is 5.94. The molecule has 2 rings (SSSR count). The van der Waals surface area contributed by atoms with Crippen molar-refractivity contribution < 1.29 is 28.4 Å². The van der Waals surface area contributed by atoms with Crippen molar-refractivity contribution in [3.63, 3.8) is 0 Å². The highest BCUT2D eigenvalue weighted by atomic mass is 19.1. The molecule has 0 aliphatic rings. The minimum atomic E-state index is -0.730. The third-order valence-electron chi connectivity index (χ3n) is 3.60. The van der Waals surface area contributed by atoms with Crippen LogP contribution in [-0.4, -0.2) is 48.1 Å². The molecule has 0 aliphatic carbocycles. The van der Waals surface area contributed by atoms with E-state index < -0.39 is 34.8 Å². The van der Waals surface area contributed by atoms with Crippen LogP contribution in [0.15, 0.2) is 42.5 Å². The topological polar surface area (TPSA) is 119 Å². The molecule has 0 fully saturated rings. The van der Waals surface area contributed by atoms with E-state index >= 15 is 0 Å². The number of hydrogen-bond acceptors (Lipinski definition) is 6. The maximum absolute atomic E-state index is 12.8. The van der Waals surface area contributed by atoms with Gasteiger partial charge in [-0.15, -0.1) is 0 Å². The number of nitro benzene ring substituents is 1. The number of nitro groups is 1. The molecule has 0 unspecified atom stereocenters. The molecular formula is C18H16FN3O6. The monoisotopic (exact) mass is 389 g/mol. The standard InChI is InChI=1S/C18H16FN3O6/c1-21(9-17(24)20-14-5-3-13(19)4-6-14)18(25)11-28-16-7-2-12(10-23)8-15(16)22(26)27/h2-8,10H,9,11H2,1H3,(H,20,24). The fraction of sp³-hybridized carbons (Fsp3) is 0.167. The molecule has 10 heteroatoms. The Hall–Kier alpha value is -3.82. The molecule has 2 aromatic rings. The second-order valence-corrected chi connectivity index (χ2v) is 5.70. The van der Waals surface area contributed by atoms with E-state index in [9.17, 15) is 28.9 Å². The average Bonchev–Trinajstić information content (AvgIpc) is 2.67. The molecule has 146 valence electrons. The van der Waals surface area contributed by atoms with Crippen molar-refractivity contribution in [3.05, 3.63) is 64.0 Å². The molecule has 0 spiro atoms. The van der Waals surface area contributed by atoms with Crippen LogP contribution in [0.1, 0.15) is 10.4 Å². The van der Waals surface area contributed by atoms with E-state index in [0.717, 1.165) is 11.0 Å². The zero-order valence-corrected chi connectivity index (χ0v) is 14.8. The van der Waals surface area contributed by atoms with Gasteiger partial charge in [-0.3, -0.25) is 24.5 Å². The lowest BCUT2D eigenvalue weighted by molar-refractivity contribution is -0.385. The maximum atomic E-state index is 12.8. The van der Waals surface area contributed by atoms with Gasteiger partial charge in [0.2, 0.25) is 5.91 Å². The number of halogens is 1. The summed E-state index contributed by atoms with van der Waals surface area (Å²) in [6, 6.07) is 8.69. The number of hydrogen-bond donors (Lipinski definition) is 1. The molecule has 2 aromatic carbocycles. The smallest absolute Gasteiger partial charge is 0.311 e. The average molecular weight is 389 g/mol. The Bertz CT molecular complexity index is 901. The Morgan fingerprint density at radius 1 is 1.25 bits per heavy atom. The number of benzene rings is 2. The minimum Gasteiger partial charge on any atom is -0.477 e. The van der Waals surface area contributed by atoms with Gasteiger partial charge in [-0.2, -0.15) is 0 Å². The van der Waals surface area contributed by atoms with E-state index in [-0.39, 0.29) is 17.9 Å². The van der Waals surface area contributed by atoms with Crippen LogP contribution in [0.3, 0.4) is 0 Å². The van der Waals surface area contributed by atoms with E-state index in [1.54, 1.807) is 0 Å². The summed E-state index contributed by atoms with van der Waals surface area (Å²) in [7, 11) is 1.36. The predicted octanol–water partition coefficient (Wildman–Crippen LogP) is 2.02. The van der Waals surface area contributed by atoms with E-state index in [4.69, 9.17) is 4.74 Å². The quantitative estimate of drug-likeness (QED) is 0.419. The van der Waals surface area contributed by atoms with Gasteiger partial charge < -0.3 is 15.0 Å². The van der Waals surface area contributed by atoms with Gasteiger partial charge in [0, 0.05) is 24.4 Å². The van der Waals surface area contributed by atoms with Crippen molar-refractivity contribution in [1.29, 1.82) is 0 Å². The third-order valence-corrected chi connectivity index (χ3v) is 3.60. The van der Waals surface area contributed by atoms with Crippen molar-refractivity contribution in [1.82, 2.24) is 4.90 Å². The van der Waals surface area contributed by atoms with E-state index in [1.165, 1.54) is 43.4 Å². The van der Waals surface area contributed by atoms with Gasteiger partial charge in [0.1, 0.15) is 12.1 Å². The summed E-state index contributed by atoms with van der Waals surface area (Å²) in [6.07, 6.45) is 0.454. The number of anilines is 1. The van der Waals surface area contributed by atoms with Gasteiger partial charge in [-0.25, -0.2) is 4.39 Å². The summed E-state index contributed by atoms with van der Waals surface area (Å²) in [4.78, 5) is 46.1. The van der Waals surface area contributed by atoms with Gasteiger partial charge in [0.05, 0.1) is 11.5 Å². The molecule has 28 heavy (non-hydrogen) atoms. The summed E-state index contributed by atoms with van der Waals surface area (Å²) < 4.78 is 18.0. The molecule has 0 aromatic heterocycles. The zero-order valence-electron chi connectivity index (χ0n) is 14.8. The number of likely N-dealkylation sites (N-methyl/N-ethyl adjacent to an activating group) is 1. The Kier molecular flexibility index (Phi) is 6.74. The molecule has 0 bridgehead atoms. The van der Waals surface area contributed by atoms with Gasteiger partial charge >= 0.3 is 5.69 Å². The van der Waals surface area contributed by atoms with Crippen molar-refractivity contribution >= 4 is 29.5 Å². The van der Waals surface area contributed by atoms with Gasteiger partial charge in [0.15, 0.2) is 12.4 Å². The van der Waals surface area contributed by atoms with Gasteiger partial charge in [-0.1, -0.05) is 0 Å². The van der Waals surface area contributed by atoms with Gasteiger partial charge in [-0.05, 0) is 36.4 Å². The third kappa shape index (κ3) is 5.59. The van der Waals surface area contributed by atoms with Crippen LogP contribution < -0.4 is 10.1 Å². The number of ether oxygens (including phenoxy) is 1. The van der Waals surface area contributed by atoms with Crippen LogP contribution in [0.25, 0.3) is 0 Å². The molecule has 0 saturated heterocycles. The fourth-order valence-corrected chi connectivity index (χ4v) is 2.16. The Morgan fingerprint density at radius 2 is 1.93 bits per heavy atom. The predicted molar refractivity (Wildman–Crippen MR) is 96.6 cm³/mol. The first kappa shape index (κ1) is 20.5. The van der Waals surface area contributed by atoms with Crippen molar-refractivity contribution in [2.45, 2.75) is 0 Å². The maximum Gasteiger partial charge on any atom is 0.311 e. The molecule has 0 heterocycles. The molecule has 0 atom stereocenters. The molecule has 0 radical (unpaired) electrons.